The molecule has 1 aromatic heterocycles. The molecular weight excluding hydrogens is 461 g/mol. The number of benzene rings is 1. The summed E-state index contributed by atoms with van der Waals surface area (Å²) in [5, 5.41) is 7.15. The highest BCUT2D eigenvalue weighted by Gasteiger charge is 2.32. The maximum absolute atomic E-state index is 15.1. The third kappa shape index (κ3) is 6.59. The number of carbonyl (C=O) groups excluding carboxylic acids is 2. The number of nitrogens with zero attached hydrogens (tertiary/aromatic N) is 3. The molecule has 0 spiro atoms. The standard InChI is InChI=1S/C26H32FN5O3.CH4/c27-25-20(17-35-24(33)16-23(28)29)4-3-6-22(25)31-12-7-18(8-13-31)19-9-14-32(15-10-19)26(34)21-5-1-2-11-30-21;/h1-6,11,18-19H,7-10,12-17H2,(H3,28,29);1H4. The Morgan fingerprint density at radius 3 is 2.31 bits per heavy atom. The molecule has 1 amide bonds. The molecule has 2 aromatic rings. The van der Waals surface area contributed by atoms with Gasteiger partial charge in [0.15, 0.2) is 5.82 Å². The van der Waals surface area contributed by atoms with E-state index in [1.165, 1.54) is 0 Å². The number of pyridine rings is 1. The van der Waals surface area contributed by atoms with Gasteiger partial charge >= 0.3 is 5.97 Å². The van der Waals surface area contributed by atoms with Gasteiger partial charge in [-0.15, -0.1) is 0 Å². The average Bonchev–Trinajstić information content (AvgIpc) is 2.88. The Kier molecular flexibility index (Phi) is 9.38. The number of hydrogen-bond donors (Lipinski definition) is 2. The molecule has 1 aromatic carbocycles. The van der Waals surface area contributed by atoms with Crippen LogP contribution in [0.2, 0.25) is 0 Å². The van der Waals surface area contributed by atoms with E-state index in [2.05, 4.69) is 9.88 Å². The van der Waals surface area contributed by atoms with Crippen molar-refractivity contribution in [3.05, 3.63) is 59.7 Å². The SMILES string of the molecule is C.N=C(N)CC(=O)OCc1cccc(N2CCC(C3CCN(C(=O)c4ccccn4)CC3)CC2)c1F. The molecule has 0 aliphatic carbocycles. The minimum Gasteiger partial charge on any atom is -0.460 e. The molecule has 194 valence electrons. The smallest absolute Gasteiger partial charge is 0.313 e. The van der Waals surface area contributed by atoms with Crippen LogP contribution >= 0.6 is 0 Å². The molecule has 0 unspecified atom stereocenters. The lowest BCUT2D eigenvalue weighted by Gasteiger charge is -2.41. The van der Waals surface area contributed by atoms with Crippen LogP contribution in [0, 0.1) is 23.1 Å². The van der Waals surface area contributed by atoms with E-state index < -0.39 is 5.97 Å². The average molecular weight is 498 g/mol. The van der Waals surface area contributed by atoms with Gasteiger partial charge in [-0.3, -0.25) is 20.0 Å². The van der Waals surface area contributed by atoms with Crippen molar-refractivity contribution in [2.45, 2.75) is 46.1 Å². The van der Waals surface area contributed by atoms with Crippen LogP contribution in [0.1, 0.15) is 55.6 Å². The van der Waals surface area contributed by atoms with E-state index in [0.717, 1.165) is 51.9 Å². The van der Waals surface area contributed by atoms with Crippen molar-refractivity contribution >= 4 is 23.4 Å². The maximum atomic E-state index is 15.1. The largest absolute Gasteiger partial charge is 0.460 e. The number of amidine groups is 1. The lowest BCUT2D eigenvalue weighted by atomic mass is 9.78. The van der Waals surface area contributed by atoms with E-state index in [4.69, 9.17) is 15.9 Å². The Morgan fingerprint density at radius 1 is 1.03 bits per heavy atom. The van der Waals surface area contributed by atoms with Gasteiger partial charge in [0.2, 0.25) is 0 Å². The van der Waals surface area contributed by atoms with Crippen LogP contribution in [-0.4, -0.2) is 53.8 Å². The minimum absolute atomic E-state index is 0. The molecule has 8 nitrogen and oxygen atoms in total. The fourth-order valence-electron chi connectivity index (χ4n) is 5.12. The van der Waals surface area contributed by atoms with Gasteiger partial charge in [0, 0.05) is 37.9 Å². The topological polar surface area (TPSA) is 113 Å². The number of esters is 1. The molecule has 2 aliphatic heterocycles. The molecule has 9 heteroatoms. The molecule has 0 saturated carbocycles. The number of nitrogens with one attached hydrogen (secondary N) is 1. The van der Waals surface area contributed by atoms with E-state index in [9.17, 15) is 9.59 Å². The fourth-order valence-corrected chi connectivity index (χ4v) is 5.12. The van der Waals surface area contributed by atoms with Gasteiger partial charge in [-0.05, 0) is 55.7 Å². The van der Waals surface area contributed by atoms with Crippen molar-refractivity contribution in [3.63, 3.8) is 0 Å². The summed E-state index contributed by atoms with van der Waals surface area (Å²) in [5.74, 6) is -0.156. The van der Waals surface area contributed by atoms with Gasteiger partial charge in [0.05, 0.1) is 5.69 Å². The van der Waals surface area contributed by atoms with E-state index in [0.29, 0.717) is 28.8 Å². The molecule has 2 fully saturated rings. The number of aromatic nitrogens is 1. The molecule has 36 heavy (non-hydrogen) atoms. The van der Waals surface area contributed by atoms with Crippen molar-refractivity contribution in [2.75, 3.05) is 31.1 Å². The number of nitrogens with two attached hydrogens (primary N) is 1. The molecule has 3 N–H and O–H groups in total. The van der Waals surface area contributed by atoms with Crippen LogP contribution in [0.15, 0.2) is 42.6 Å². The number of halogens is 1. The van der Waals surface area contributed by atoms with E-state index in [-0.39, 0.29) is 38.0 Å². The highest BCUT2D eigenvalue weighted by molar-refractivity contribution is 5.94. The highest BCUT2D eigenvalue weighted by Crippen LogP contribution is 2.35. The number of rotatable bonds is 7. The van der Waals surface area contributed by atoms with Crippen molar-refractivity contribution < 1.29 is 18.7 Å². The van der Waals surface area contributed by atoms with Crippen molar-refractivity contribution in [1.29, 1.82) is 5.41 Å². The Morgan fingerprint density at radius 2 is 1.69 bits per heavy atom. The van der Waals surface area contributed by atoms with Crippen LogP contribution in [0.3, 0.4) is 0 Å². The fraction of sp³-hybridized carbons (Fsp3) is 0.481. The predicted molar refractivity (Wildman–Crippen MR) is 137 cm³/mol. The van der Waals surface area contributed by atoms with E-state index in [1.807, 2.05) is 17.0 Å². The second kappa shape index (κ2) is 12.5. The zero-order valence-corrected chi connectivity index (χ0v) is 19.8. The second-order valence-corrected chi connectivity index (χ2v) is 9.28. The number of hydrogen-bond acceptors (Lipinski definition) is 6. The summed E-state index contributed by atoms with van der Waals surface area (Å²) in [7, 11) is 0. The maximum Gasteiger partial charge on any atom is 0.313 e. The van der Waals surface area contributed by atoms with Crippen LogP contribution in [0.5, 0.6) is 0 Å². The summed E-state index contributed by atoms with van der Waals surface area (Å²) in [5.41, 5.74) is 6.54. The number of carbonyl (C=O) groups is 2. The van der Waals surface area contributed by atoms with Crippen molar-refractivity contribution in [1.82, 2.24) is 9.88 Å². The Hall–Kier alpha value is -3.49. The van der Waals surface area contributed by atoms with Gasteiger partial charge in [-0.2, -0.15) is 0 Å². The first-order valence-corrected chi connectivity index (χ1v) is 12.1. The highest BCUT2D eigenvalue weighted by atomic mass is 19.1. The summed E-state index contributed by atoms with van der Waals surface area (Å²) >= 11 is 0. The van der Waals surface area contributed by atoms with Gasteiger partial charge in [-0.25, -0.2) is 4.39 Å². The molecule has 2 aliphatic rings. The number of piperidine rings is 2. The van der Waals surface area contributed by atoms with Crippen LogP contribution in [-0.2, 0) is 16.1 Å². The Bertz CT molecular complexity index is 1050. The van der Waals surface area contributed by atoms with Gasteiger partial charge in [-0.1, -0.05) is 25.6 Å². The number of ether oxygens (including phenoxy) is 1. The summed E-state index contributed by atoms with van der Waals surface area (Å²) in [6.45, 7) is 2.85. The number of amides is 1. The van der Waals surface area contributed by atoms with Crippen LogP contribution in [0.4, 0.5) is 10.1 Å². The van der Waals surface area contributed by atoms with Crippen LogP contribution in [0.25, 0.3) is 0 Å². The Balaban J connectivity index is 0.00000361. The lowest BCUT2D eigenvalue weighted by molar-refractivity contribution is -0.143. The molecule has 3 heterocycles. The summed E-state index contributed by atoms with van der Waals surface area (Å²) in [6.07, 6.45) is 5.28. The minimum atomic E-state index is -0.643. The van der Waals surface area contributed by atoms with Crippen LogP contribution < -0.4 is 10.6 Å². The third-order valence-electron chi connectivity index (χ3n) is 7.04. The van der Waals surface area contributed by atoms with Crippen molar-refractivity contribution in [2.24, 2.45) is 17.6 Å². The third-order valence-corrected chi connectivity index (χ3v) is 7.04. The number of anilines is 1. The van der Waals surface area contributed by atoms with Gasteiger partial charge in [0.25, 0.3) is 5.91 Å². The first-order valence-electron chi connectivity index (χ1n) is 12.1. The van der Waals surface area contributed by atoms with Crippen molar-refractivity contribution in [3.8, 4) is 0 Å². The lowest BCUT2D eigenvalue weighted by Crippen LogP contribution is -2.43. The monoisotopic (exact) mass is 497 g/mol. The summed E-state index contributed by atoms with van der Waals surface area (Å²) < 4.78 is 20.2. The summed E-state index contributed by atoms with van der Waals surface area (Å²) in [4.78, 5) is 32.4. The molecule has 0 bridgehead atoms. The first kappa shape index (κ1) is 27.1. The molecule has 0 radical (unpaired) electrons. The second-order valence-electron chi connectivity index (χ2n) is 9.28. The molecule has 0 atom stereocenters. The van der Waals surface area contributed by atoms with Gasteiger partial charge in [0.1, 0.15) is 24.6 Å². The van der Waals surface area contributed by atoms with E-state index >= 15 is 4.39 Å². The molecule has 2 saturated heterocycles. The zero-order chi connectivity index (χ0) is 24.8. The molecular formula is C27H36FN5O3. The predicted octanol–water partition coefficient (Wildman–Crippen LogP) is 3.99. The number of likely N-dealkylation sites (tertiary alicyclic amines) is 1. The molecule has 4 rings (SSSR count). The van der Waals surface area contributed by atoms with E-state index in [1.54, 1.807) is 30.5 Å². The summed E-state index contributed by atoms with van der Waals surface area (Å²) in [6, 6.07) is 10.5. The first-order chi connectivity index (χ1) is 16.9. The quantitative estimate of drug-likeness (QED) is 0.340. The zero-order valence-electron chi connectivity index (χ0n) is 19.8. The normalized spacial score (nSPS) is 16.8. The Labute approximate surface area is 212 Å². The van der Waals surface area contributed by atoms with Gasteiger partial charge < -0.3 is 20.3 Å².